The smallest absolute Gasteiger partial charge is 0.309 e. The SMILES string of the molecule is C=CC(OC(=O)C1CCC2OC2C1)c1ccccc1. The third kappa shape index (κ3) is 2.71. The van der Waals surface area contributed by atoms with Crippen LogP contribution in [0.2, 0.25) is 0 Å². The topological polar surface area (TPSA) is 38.8 Å². The zero-order valence-corrected chi connectivity index (χ0v) is 10.8. The Balaban J connectivity index is 1.62. The van der Waals surface area contributed by atoms with Crippen molar-refractivity contribution in [2.24, 2.45) is 5.92 Å². The summed E-state index contributed by atoms with van der Waals surface area (Å²) in [6, 6.07) is 9.70. The van der Waals surface area contributed by atoms with Gasteiger partial charge >= 0.3 is 5.97 Å². The highest BCUT2D eigenvalue weighted by Crippen LogP contribution is 2.40. The van der Waals surface area contributed by atoms with Crippen molar-refractivity contribution in [1.82, 2.24) is 0 Å². The van der Waals surface area contributed by atoms with Crippen LogP contribution in [0.1, 0.15) is 30.9 Å². The lowest BCUT2D eigenvalue weighted by Gasteiger charge is -2.21. The van der Waals surface area contributed by atoms with Gasteiger partial charge in [0.25, 0.3) is 0 Å². The molecule has 0 bridgehead atoms. The Morgan fingerprint density at radius 1 is 1.32 bits per heavy atom. The summed E-state index contributed by atoms with van der Waals surface area (Å²) in [5.74, 6) is -0.141. The molecular formula is C16H18O3. The van der Waals surface area contributed by atoms with Crippen LogP contribution in [0, 0.1) is 5.92 Å². The van der Waals surface area contributed by atoms with Gasteiger partial charge in [-0.1, -0.05) is 36.9 Å². The van der Waals surface area contributed by atoms with Gasteiger partial charge in [0, 0.05) is 0 Å². The summed E-state index contributed by atoms with van der Waals surface area (Å²) in [6.07, 6.45) is 4.69. The first-order valence-corrected chi connectivity index (χ1v) is 6.81. The van der Waals surface area contributed by atoms with E-state index in [2.05, 4.69) is 6.58 Å². The molecule has 3 heteroatoms. The van der Waals surface area contributed by atoms with Crippen molar-refractivity contribution in [3.63, 3.8) is 0 Å². The summed E-state index contributed by atoms with van der Waals surface area (Å²) < 4.78 is 11.0. The van der Waals surface area contributed by atoms with Crippen LogP contribution in [-0.2, 0) is 14.3 Å². The van der Waals surface area contributed by atoms with Crippen LogP contribution < -0.4 is 0 Å². The fourth-order valence-corrected chi connectivity index (χ4v) is 2.73. The molecular weight excluding hydrogens is 240 g/mol. The molecule has 1 heterocycles. The lowest BCUT2D eigenvalue weighted by atomic mass is 9.89. The third-order valence-electron chi connectivity index (χ3n) is 3.92. The summed E-state index contributed by atoms with van der Waals surface area (Å²) in [6.45, 7) is 3.76. The molecule has 0 amide bonds. The molecule has 100 valence electrons. The Hall–Kier alpha value is -1.61. The third-order valence-corrected chi connectivity index (χ3v) is 3.92. The fraction of sp³-hybridized carbons (Fsp3) is 0.438. The van der Waals surface area contributed by atoms with E-state index in [0.717, 1.165) is 24.8 Å². The number of carbonyl (C=O) groups is 1. The van der Waals surface area contributed by atoms with E-state index in [0.29, 0.717) is 12.2 Å². The van der Waals surface area contributed by atoms with Gasteiger partial charge in [0.05, 0.1) is 18.1 Å². The van der Waals surface area contributed by atoms with Crippen LogP contribution in [0.15, 0.2) is 43.0 Å². The van der Waals surface area contributed by atoms with Crippen LogP contribution in [0.4, 0.5) is 0 Å². The molecule has 1 aromatic rings. The fourth-order valence-electron chi connectivity index (χ4n) is 2.73. The number of esters is 1. The Labute approximate surface area is 113 Å². The quantitative estimate of drug-likeness (QED) is 0.473. The van der Waals surface area contributed by atoms with Crippen molar-refractivity contribution >= 4 is 5.97 Å². The predicted octanol–water partition coefficient (Wildman–Crippen LogP) is 3.02. The molecule has 2 fully saturated rings. The van der Waals surface area contributed by atoms with E-state index in [1.165, 1.54) is 0 Å². The molecule has 4 atom stereocenters. The second-order valence-corrected chi connectivity index (χ2v) is 5.23. The number of benzene rings is 1. The first kappa shape index (κ1) is 12.4. The molecule has 0 radical (unpaired) electrons. The number of ether oxygens (including phenoxy) is 2. The summed E-state index contributed by atoms with van der Waals surface area (Å²) in [5.41, 5.74) is 0.960. The van der Waals surface area contributed by atoms with E-state index in [-0.39, 0.29) is 18.0 Å². The Morgan fingerprint density at radius 2 is 2.11 bits per heavy atom. The first-order valence-electron chi connectivity index (χ1n) is 6.81. The van der Waals surface area contributed by atoms with E-state index >= 15 is 0 Å². The van der Waals surface area contributed by atoms with E-state index in [1.54, 1.807) is 6.08 Å². The van der Waals surface area contributed by atoms with Gasteiger partial charge in [-0.2, -0.15) is 0 Å². The number of fused-ring (bicyclic) bond motifs is 1. The molecule has 0 spiro atoms. The second-order valence-electron chi connectivity index (χ2n) is 5.23. The van der Waals surface area contributed by atoms with Crippen molar-refractivity contribution in [2.45, 2.75) is 37.6 Å². The van der Waals surface area contributed by atoms with Gasteiger partial charge in [-0.05, 0) is 30.9 Å². The van der Waals surface area contributed by atoms with E-state index in [1.807, 2.05) is 30.3 Å². The van der Waals surface area contributed by atoms with Crippen LogP contribution >= 0.6 is 0 Å². The molecule has 4 unspecified atom stereocenters. The number of hydrogen-bond acceptors (Lipinski definition) is 3. The average molecular weight is 258 g/mol. The minimum atomic E-state index is -0.355. The highest BCUT2D eigenvalue weighted by molar-refractivity contribution is 5.73. The summed E-state index contributed by atoms with van der Waals surface area (Å²) in [5, 5.41) is 0. The van der Waals surface area contributed by atoms with E-state index < -0.39 is 0 Å². The highest BCUT2D eigenvalue weighted by Gasteiger charge is 2.46. The summed E-state index contributed by atoms with van der Waals surface area (Å²) in [4.78, 5) is 12.2. The summed E-state index contributed by atoms with van der Waals surface area (Å²) in [7, 11) is 0. The molecule has 2 aliphatic rings. The van der Waals surface area contributed by atoms with Gasteiger partial charge in [-0.3, -0.25) is 4.79 Å². The van der Waals surface area contributed by atoms with Gasteiger partial charge in [0.15, 0.2) is 0 Å². The molecule has 0 aromatic heterocycles. The minimum Gasteiger partial charge on any atom is -0.453 e. The molecule has 1 aliphatic carbocycles. The monoisotopic (exact) mass is 258 g/mol. The number of carbonyl (C=O) groups excluding carboxylic acids is 1. The van der Waals surface area contributed by atoms with Crippen LogP contribution in [0.5, 0.6) is 0 Å². The maximum Gasteiger partial charge on any atom is 0.309 e. The molecule has 3 nitrogen and oxygen atoms in total. The first-order chi connectivity index (χ1) is 9.28. The molecule has 1 aliphatic heterocycles. The average Bonchev–Trinajstić information content (AvgIpc) is 3.23. The Morgan fingerprint density at radius 3 is 2.79 bits per heavy atom. The second kappa shape index (κ2) is 5.17. The lowest BCUT2D eigenvalue weighted by molar-refractivity contribution is -0.153. The van der Waals surface area contributed by atoms with E-state index in [4.69, 9.17) is 9.47 Å². The molecule has 1 aromatic carbocycles. The molecule has 1 saturated heterocycles. The maximum absolute atomic E-state index is 12.2. The zero-order valence-electron chi connectivity index (χ0n) is 10.8. The minimum absolute atomic E-state index is 0.0186. The maximum atomic E-state index is 12.2. The van der Waals surface area contributed by atoms with Crippen molar-refractivity contribution in [3.8, 4) is 0 Å². The standard InChI is InChI=1S/C16H18O3/c1-2-13(11-6-4-3-5-7-11)19-16(17)12-8-9-14-15(10-12)18-14/h2-7,12-15H,1,8-10H2. The van der Waals surface area contributed by atoms with Crippen LogP contribution in [0.3, 0.4) is 0 Å². The van der Waals surface area contributed by atoms with Crippen molar-refractivity contribution in [3.05, 3.63) is 48.6 Å². The van der Waals surface area contributed by atoms with Crippen LogP contribution in [-0.4, -0.2) is 18.2 Å². The Kier molecular flexibility index (Phi) is 3.38. The highest BCUT2D eigenvalue weighted by atomic mass is 16.6. The van der Waals surface area contributed by atoms with Crippen molar-refractivity contribution in [2.75, 3.05) is 0 Å². The zero-order chi connectivity index (χ0) is 13.2. The van der Waals surface area contributed by atoms with Crippen molar-refractivity contribution < 1.29 is 14.3 Å². The van der Waals surface area contributed by atoms with Gasteiger partial charge in [0.2, 0.25) is 0 Å². The molecule has 0 N–H and O–H groups in total. The van der Waals surface area contributed by atoms with Crippen molar-refractivity contribution in [1.29, 1.82) is 0 Å². The largest absolute Gasteiger partial charge is 0.453 e. The van der Waals surface area contributed by atoms with Crippen LogP contribution in [0.25, 0.3) is 0 Å². The van der Waals surface area contributed by atoms with E-state index in [9.17, 15) is 4.79 Å². The van der Waals surface area contributed by atoms with Gasteiger partial charge in [-0.15, -0.1) is 0 Å². The van der Waals surface area contributed by atoms with Gasteiger partial charge in [-0.25, -0.2) is 0 Å². The lowest BCUT2D eigenvalue weighted by Crippen LogP contribution is -2.25. The Bertz CT molecular complexity index is 468. The number of epoxide rings is 1. The number of hydrogen-bond donors (Lipinski definition) is 0. The number of rotatable bonds is 4. The summed E-state index contributed by atoms with van der Waals surface area (Å²) >= 11 is 0. The molecule has 1 saturated carbocycles. The molecule has 3 rings (SSSR count). The molecule has 19 heavy (non-hydrogen) atoms. The van der Waals surface area contributed by atoms with Gasteiger partial charge in [0.1, 0.15) is 6.10 Å². The predicted molar refractivity (Wildman–Crippen MR) is 71.5 cm³/mol. The van der Waals surface area contributed by atoms with Gasteiger partial charge < -0.3 is 9.47 Å². The normalized spacial score (nSPS) is 30.0.